The average molecular weight is 119 g/mol. The van der Waals surface area contributed by atoms with Gasteiger partial charge in [0, 0.05) is 6.04 Å². The van der Waals surface area contributed by atoms with Gasteiger partial charge in [-0.25, -0.2) is 4.39 Å². The normalized spacial score (nSPS) is 22.1. The Bertz CT molecular complexity index is 68.9. The van der Waals surface area contributed by atoms with Crippen LogP contribution in [-0.2, 0) is 0 Å². The molecular weight excluding hydrogens is 105 g/mol. The van der Waals surface area contributed by atoms with Gasteiger partial charge in [0.2, 0.25) is 0 Å². The van der Waals surface area contributed by atoms with E-state index < -0.39 is 5.67 Å². The van der Waals surface area contributed by atoms with E-state index in [-0.39, 0.29) is 6.04 Å². The Balaban J connectivity index is 3.71. The van der Waals surface area contributed by atoms with E-state index in [1.165, 1.54) is 6.92 Å². The molecule has 0 saturated heterocycles. The van der Waals surface area contributed by atoms with Gasteiger partial charge in [-0.1, -0.05) is 6.92 Å². The first-order valence-corrected chi connectivity index (χ1v) is 2.95. The quantitative estimate of drug-likeness (QED) is 0.585. The maximum absolute atomic E-state index is 12.8. The van der Waals surface area contributed by atoms with Gasteiger partial charge < -0.3 is 5.73 Å². The van der Waals surface area contributed by atoms with Crippen molar-refractivity contribution < 1.29 is 4.39 Å². The monoisotopic (exact) mass is 119 g/mol. The fourth-order valence-electron chi connectivity index (χ4n) is 0.322. The van der Waals surface area contributed by atoms with E-state index in [1.807, 2.05) is 0 Å². The summed E-state index contributed by atoms with van der Waals surface area (Å²) in [5, 5.41) is 0. The fraction of sp³-hybridized carbons (Fsp3) is 1.00. The van der Waals surface area contributed by atoms with E-state index in [9.17, 15) is 4.39 Å². The lowest BCUT2D eigenvalue weighted by molar-refractivity contribution is 0.151. The zero-order valence-corrected chi connectivity index (χ0v) is 5.74. The van der Waals surface area contributed by atoms with Crippen molar-refractivity contribution in [3.8, 4) is 0 Å². The number of hydrogen-bond acceptors (Lipinski definition) is 1. The lowest BCUT2D eigenvalue weighted by Crippen LogP contribution is -2.38. The highest BCUT2D eigenvalue weighted by atomic mass is 19.1. The van der Waals surface area contributed by atoms with Crippen LogP contribution in [0.25, 0.3) is 0 Å². The third-order valence-electron chi connectivity index (χ3n) is 1.64. The lowest BCUT2D eigenvalue weighted by Gasteiger charge is -2.21. The molecule has 0 bridgehead atoms. The summed E-state index contributed by atoms with van der Waals surface area (Å²) in [4.78, 5) is 0. The van der Waals surface area contributed by atoms with E-state index >= 15 is 0 Å². The molecule has 0 saturated carbocycles. The molecule has 50 valence electrons. The Kier molecular flexibility index (Phi) is 2.41. The molecule has 1 nitrogen and oxygen atoms in total. The predicted octanol–water partition coefficient (Wildman–Crippen LogP) is 1.47. The van der Waals surface area contributed by atoms with Gasteiger partial charge in [0.1, 0.15) is 5.67 Å². The molecule has 0 radical (unpaired) electrons. The van der Waals surface area contributed by atoms with E-state index in [0.717, 1.165) is 0 Å². The Hall–Kier alpha value is -0.110. The van der Waals surface area contributed by atoms with Crippen LogP contribution < -0.4 is 5.73 Å². The second-order valence-electron chi connectivity index (χ2n) is 2.42. The van der Waals surface area contributed by atoms with Crippen molar-refractivity contribution in [3.05, 3.63) is 0 Å². The minimum Gasteiger partial charge on any atom is -0.325 e. The first-order chi connectivity index (χ1) is 3.50. The zero-order chi connectivity index (χ0) is 6.78. The minimum absolute atomic E-state index is 0.354. The first kappa shape index (κ1) is 7.89. The van der Waals surface area contributed by atoms with Gasteiger partial charge in [-0.05, 0) is 20.3 Å². The number of halogens is 1. The van der Waals surface area contributed by atoms with Crippen LogP contribution in [0.1, 0.15) is 27.2 Å². The molecule has 2 heteroatoms. The summed E-state index contributed by atoms with van der Waals surface area (Å²) in [5.74, 6) is 0. The molecule has 2 atom stereocenters. The van der Waals surface area contributed by atoms with Gasteiger partial charge >= 0.3 is 0 Å². The molecule has 2 unspecified atom stereocenters. The fourth-order valence-corrected chi connectivity index (χ4v) is 0.322. The third-order valence-corrected chi connectivity index (χ3v) is 1.64. The summed E-state index contributed by atoms with van der Waals surface area (Å²) in [6.07, 6.45) is 0.491. The molecule has 0 fully saturated rings. The van der Waals surface area contributed by atoms with Crippen molar-refractivity contribution in [2.24, 2.45) is 5.73 Å². The van der Waals surface area contributed by atoms with Crippen LogP contribution in [0.5, 0.6) is 0 Å². The van der Waals surface area contributed by atoms with Crippen LogP contribution in [-0.4, -0.2) is 11.7 Å². The molecule has 0 aliphatic carbocycles. The molecule has 8 heavy (non-hydrogen) atoms. The molecule has 0 spiro atoms. The Morgan fingerprint density at radius 1 is 1.75 bits per heavy atom. The smallest absolute Gasteiger partial charge is 0.122 e. The van der Waals surface area contributed by atoms with E-state index in [4.69, 9.17) is 5.73 Å². The largest absolute Gasteiger partial charge is 0.325 e. The van der Waals surface area contributed by atoms with Crippen molar-refractivity contribution in [2.45, 2.75) is 38.9 Å². The molecule has 2 N–H and O–H groups in total. The molecule has 0 heterocycles. The van der Waals surface area contributed by atoms with Gasteiger partial charge in [-0.15, -0.1) is 0 Å². The number of alkyl halides is 1. The zero-order valence-electron chi connectivity index (χ0n) is 5.74. The van der Waals surface area contributed by atoms with E-state index in [1.54, 1.807) is 13.8 Å². The molecule has 0 aromatic heterocycles. The topological polar surface area (TPSA) is 26.0 Å². The Morgan fingerprint density at radius 3 is 2.12 bits per heavy atom. The van der Waals surface area contributed by atoms with Gasteiger partial charge in [-0.3, -0.25) is 0 Å². The molecule has 0 rings (SSSR count). The Morgan fingerprint density at radius 2 is 2.12 bits per heavy atom. The number of nitrogens with two attached hydrogens (primary N) is 1. The van der Waals surface area contributed by atoms with Gasteiger partial charge in [-0.2, -0.15) is 0 Å². The maximum Gasteiger partial charge on any atom is 0.122 e. The second kappa shape index (κ2) is 2.44. The lowest BCUT2D eigenvalue weighted by atomic mass is 9.98. The van der Waals surface area contributed by atoms with Crippen molar-refractivity contribution in [1.29, 1.82) is 0 Å². The van der Waals surface area contributed by atoms with Gasteiger partial charge in [0.15, 0.2) is 0 Å². The average Bonchev–Trinajstić information content (AvgIpc) is 1.67. The van der Waals surface area contributed by atoms with E-state index in [0.29, 0.717) is 6.42 Å². The maximum atomic E-state index is 12.8. The first-order valence-electron chi connectivity index (χ1n) is 2.95. The van der Waals surface area contributed by atoms with Crippen molar-refractivity contribution in [2.75, 3.05) is 0 Å². The molecule has 0 aromatic carbocycles. The predicted molar refractivity (Wildman–Crippen MR) is 33.5 cm³/mol. The minimum atomic E-state index is -1.18. The summed E-state index contributed by atoms with van der Waals surface area (Å²) >= 11 is 0. The molecule has 0 aliphatic rings. The highest BCUT2D eigenvalue weighted by Crippen LogP contribution is 2.17. The van der Waals surface area contributed by atoms with Crippen molar-refractivity contribution in [3.63, 3.8) is 0 Å². The van der Waals surface area contributed by atoms with Crippen LogP contribution in [0.4, 0.5) is 4.39 Å². The summed E-state index contributed by atoms with van der Waals surface area (Å²) in [6, 6.07) is -0.354. The van der Waals surface area contributed by atoms with Crippen LogP contribution in [0.2, 0.25) is 0 Å². The highest BCUT2D eigenvalue weighted by molar-refractivity contribution is 4.80. The molecule has 0 aromatic rings. The SMILES string of the molecule is CCC(C)(F)C(C)N. The Labute approximate surface area is 50.1 Å². The standard InChI is InChI=1S/C6H14FN/c1-4-6(3,7)5(2)8/h5H,4,8H2,1-3H3. The summed E-state index contributed by atoms with van der Waals surface area (Å²) in [6.45, 7) is 5.00. The molecular formula is C6H14FN. The van der Waals surface area contributed by atoms with Gasteiger partial charge in [0.05, 0.1) is 0 Å². The number of rotatable bonds is 2. The van der Waals surface area contributed by atoms with Crippen molar-refractivity contribution in [1.82, 2.24) is 0 Å². The van der Waals surface area contributed by atoms with Crippen LogP contribution in [0, 0.1) is 0 Å². The second-order valence-corrected chi connectivity index (χ2v) is 2.42. The van der Waals surface area contributed by atoms with Crippen molar-refractivity contribution >= 4 is 0 Å². The van der Waals surface area contributed by atoms with Crippen LogP contribution in [0.3, 0.4) is 0 Å². The molecule has 0 aliphatic heterocycles. The van der Waals surface area contributed by atoms with Gasteiger partial charge in [0.25, 0.3) is 0 Å². The van der Waals surface area contributed by atoms with Crippen LogP contribution in [0.15, 0.2) is 0 Å². The third kappa shape index (κ3) is 1.78. The summed E-state index contributed by atoms with van der Waals surface area (Å²) in [7, 11) is 0. The molecule has 0 amide bonds. The van der Waals surface area contributed by atoms with E-state index in [2.05, 4.69) is 0 Å². The number of hydrogen-bond donors (Lipinski definition) is 1. The highest BCUT2D eigenvalue weighted by Gasteiger charge is 2.24. The summed E-state index contributed by atoms with van der Waals surface area (Å²) < 4.78 is 12.8. The summed E-state index contributed by atoms with van der Waals surface area (Å²) in [5.41, 5.74) is 4.13. The van der Waals surface area contributed by atoms with Crippen LogP contribution >= 0.6 is 0 Å².